The van der Waals surface area contributed by atoms with Crippen molar-refractivity contribution in [2.75, 3.05) is 19.0 Å². The van der Waals surface area contributed by atoms with Gasteiger partial charge in [-0.1, -0.05) is 0 Å². The van der Waals surface area contributed by atoms with Crippen LogP contribution in [0.4, 0.5) is 5.13 Å². The molecule has 0 radical (unpaired) electrons. The van der Waals surface area contributed by atoms with Crippen LogP contribution in [0.1, 0.15) is 30.7 Å². The number of carbonyl (C=O) groups is 3. The first kappa shape index (κ1) is 21.8. The number of hydrogen-bond acceptors (Lipinski definition) is 6. The number of thiazole rings is 1. The van der Waals surface area contributed by atoms with Crippen LogP contribution < -0.4 is 10.1 Å². The van der Waals surface area contributed by atoms with Crippen LogP contribution in [0, 0.1) is 13.8 Å². The zero-order valence-corrected chi connectivity index (χ0v) is 19.0. The van der Waals surface area contributed by atoms with Crippen molar-refractivity contribution in [1.82, 2.24) is 14.5 Å². The van der Waals surface area contributed by atoms with Gasteiger partial charge in [0.2, 0.25) is 17.7 Å². The third kappa shape index (κ3) is 4.29. The summed E-state index contributed by atoms with van der Waals surface area (Å²) in [6, 6.07) is 9.93. The van der Waals surface area contributed by atoms with Gasteiger partial charge in [0, 0.05) is 53.8 Å². The average Bonchev–Trinajstić information content (AvgIpc) is 3.45. The van der Waals surface area contributed by atoms with Gasteiger partial charge in [-0.2, -0.15) is 0 Å². The van der Waals surface area contributed by atoms with E-state index in [2.05, 4.69) is 20.9 Å². The lowest BCUT2D eigenvalue weighted by Gasteiger charge is -2.12. The quantitative estimate of drug-likeness (QED) is 0.552. The van der Waals surface area contributed by atoms with Crippen molar-refractivity contribution in [3.63, 3.8) is 0 Å². The van der Waals surface area contributed by atoms with Gasteiger partial charge >= 0.3 is 0 Å². The molecule has 9 heteroatoms. The van der Waals surface area contributed by atoms with Crippen LogP contribution in [-0.2, 0) is 14.4 Å². The van der Waals surface area contributed by atoms with Gasteiger partial charge in [0.15, 0.2) is 5.13 Å². The van der Waals surface area contributed by atoms with Gasteiger partial charge in [-0.25, -0.2) is 4.98 Å². The number of amides is 3. The first-order chi connectivity index (χ1) is 15.4. The molecule has 1 saturated heterocycles. The van der Waals surface area contributed by atoms with Crippen molar-refractivity contribution in [2.45, 2.75) is 33.1 Å². The molecule has 3 aromatic rings. The zero-order valence-electron chi connectivity index (χ0n) is 18.2. The van der Waals surface area contributed by atoms with Gasteiger partial charge in [0.1, 0.15) is 5.75 Å². The van der Waals surface area contributed by atoms with Crippen LogP contribution >= 0.6 is 11.3 Å². The normalized spacial score (nSPS) is 13.7. The molecule has 0 bridgehead atoms. The largest absolute Gasteiger partial charge is 0.497 e. The number of nitrogens with zero attached hydrogens (tertiary/aromatic N) is 3. The Bertz CT molecular complexity index is 1160. The van der Waals surface area contributed by atoms with Crippen molar-refractivity contribution in [1.29, 1.82) is 0 Å². The highest BCUT2D eigenvalue weighted by molar-refractivity contribution is 7.14. The third-order valence-electron chi connectivity index (χ3n) is 5.51. The maximum absolute atomic E-state index is 12.3. The Morgan fingerprint density at radius 1 is 1.16 bits per heavy atom. The standard InChI is InChI=1S/C23H24N4O4S/c1-14-12-18(15(2)27(14)16-4-6-17(31-3)7-5-16)19-13-32-23(24-19)25-20(28)10-11-26-21(29)8-9-22(26)30/h4-7,12-13H,8-11H2,1-3H3,(H,24,25,28). The Morgan fingerprint density at radius 3 is 2.50 bits per heavy atom. The highest BCUT2D eigenvalue weighted by Gasteiger charge is 2.28. The number of carbonyl (C=O) groups excluding carboxylic acids is 3. The van der Waals surface area contributed by atoms with Gasteiger partial charge < -0.3 is 14.6 Å². The van der Waals surface area contributed by atoms with Crippen LogP contribution in [0.5, 0.6) is 5.75 Å². The van der Waals surface area contributed by atoms with E-state index in [0.717, 1.165) is 39.0 Å². The number of rotatable bonds is 7. The number of methoxy groups -OCH3 is 1. The average molecular weight is 453 g/mol. The van der Waals surface area contributed by atoms with Crippen LogP contribution in [0.2, 0.25) is 0 Å². The first-order valence-corrected chi connectivity index (χ1v) is 11.2. The van der Waals surface area contributed by atoms with E-state index in [-0.39, 0.29) is 43.5 Å². The van der Waals surface area contributed by atoms with Crippen LogP contribution in [-0.4, -0.2) is 45.8 Å². The molecule has 0 spiro atoms. The van der Waals surface area contributed by atoms with Crippen LogP contribution in [0.15, 0.2) is 35.7 Å². The predicted molar refractivity (Wildman–Crippen MR) is 122 cm³/mol. The molecule has 1 N–H and O–H groups in total. The van der Waals surface area contributed by atoms with Gasteiger partial charge in [0.05, 0.1) is 12.8 Å². The smallest absolute Gasteiger partial charge is 0.229 e. The van der Waals surface area contributed by atoms with E-state index in [9.17, 15) is 14.4 Å². The highest BCUT2D eigenvalue weighted by atomic mass is 32.1. The second-order valence-electron chi connectivity index (χ2n) is 7.59. The highest BCUT2D eigenvalue weighted by Crippen LogP contribution is 2.32. The summed E-state index contributed by atoms with van der Waals surface area (Å²) in [5.41, 5.74) is 4.91. The summed E-state index contributed by atoms with van der Waals surface area (Å²) in [6.07, 6.45) is 0.509. The molecule has 1 aliphatic rings. The van der Waals surface area contributed by atoms with E-state index in [0.29, 0.717) is 5.13 Å². The summed E-state index contributed by atoms with van der Waals surface area (Å²) in [6.45, 7) is 4.18. The molecule has 1 aromatic carbocycles. The Labute approximate surface area is 189 Å². The molecule has 0 atom stereocenters. The summed E-state index contributed by atoms with van der Waals surface area (Å²) in [5, 5.41) is 5.16. The lowest BCUT2D eigenvalue weighted by Crippen LogP contribution is -2.32. The van der Waals surface area contributed by atoms with Crippen molar-refractivity contribution in [3.8, 4) is 22.7 Å². The Morgan fingerprint density at radius 2 is 1.84 bits per heavy atom. The van der Waals surface area contributed by atoms with Gasteiger partial charge in [-0.3, -0.25) is 19.3 Å². The molecule has 3 amide bonds. The molecule has 1 aliphatic heterocycles. The molecule has 0 aliphatic carbocycles. The maximum Gasteiger partial charge on any atom is 0.229 e. The number of nitrogens with one attached hydrogen (secondary N) is 1. The lowest BCUT2D eigenvalue weighted by molar-refractivity contribution is -0.138. The molecule has 4 rings (SSSR count). The lowest BCUT2D eigenvalue weighted by atomic mass is 10.2. The molecular formula is C23H24N4O4S. The summed E-state index contributed by atoms with van der Waals surface area (Å²) in [7, 11) is 1.64. The molecular weight excluding hydrogens is 428 g/mol. The minimum absolute atomic E-state index is 0.0539. The van der Waals surface area contributed by atoms with Crippen molar-refractivity contribution in [3.05, 3.63) is 47.1 Å². The van der Waals surface area contributed by atoms with Gasteiger partial charge in [-0.15, -0.1) is 11.3 Å². The minimum atomic E-state index is -0.276. The number of aryl methyl sites for hydroxylation is 1. The predicted octanol–water partition coefficient (Wildman–Crippen LogP) is 3.70. The number of benzene rings is 1. The number of ether oxygens (including phenoxy) is 1. The Hall–Kier alpha value is -3.46. The monoisotopic (exact) mass is 452 g/mol. The molecule has 32 heavy (non-hydrogen) atoms. The molecule has 1 fully saturated rings. The number of imide groups is 1. The van der Waals surface area contributed by atoms with E-state index in [1.807, 2.05) is 43.5 Å². The Balaban J connectivity index is 1.46. The summed E-state index contributed by atoms with van der Waals surface area (Å²) < 4.78 is 7.39. The SMILES string of the molecule is COc1ccc(-n2c(C)cc(-c3csc(NC(=O)CCN4C(=O)CCC4=O)n3)c2C)cc1. The van der Waals surface area contributed by atoms with Crippen molar-refractivity contribution in [2.24, 2.45) is 0 Å². The topological polar surface area (TPSA) is 93.5 Å². The zero-order chi connectivity index (χ0) is 22.8. The van der Waals surface area contributed by atoms with Crippen molar-refractivity contribution < 1.29 is 19.1 Å². The Kier molecular flexibility index (Phi) is 6.09. The van der Waals surface area contributed by atoms with Gasteiger partial charge in [0.25, 0.3) is 0 Å². The van der Waals surface area contributed by atoms with E-state index in [1.165, 1.54) is 11.3 Å². The van der Waals surface area contributed by atoms with Crippen LogP contribution in [0.3, 0.4) is 0 Å². The van der Waals surface area contributed by atoms with E-state index in [1.54, 1.807) is 7.11 Å². The van der Waals surface area contributed by atoms with E-state index < -0.39 is 0 Å². The number of aromatic nitrogens is 2. The third-order valence-corrected chi connectivity index (χ3v) is 6.26. The number of likely N-dealkylation sites (tertiary alicyclic amines) is 1. The second-order valence-corrected chi connectivity index (χ2v) is 8.45. The molecule has 0 saturated carbocycles. The summed E-state index contributed by atoms with van der Waals surface area (Å²) in [5.74, 6) is 0.0926. The molecule has 0 unspecified atom stereocenters. The molecule has 166 valence electrons. The van der Waals surface area contributed by atoms with Gasteiger partial charge in [-0.05, 0) is 44.2 Å². The minimum Gasteiger partial charge on any atom is -0.497 e. The van der Waals surface area contributed by atoms with E-state index in [4.69, 9.17) is 4.74 Å². The maximum atomic E-state index is 12.3. The fourth-order valence-corrected chi connectivity index (χ4v) is 4.60. The second kappa shape index (κ2) is 8.96. The summed E-state index contributed by atoms with van der Waals surface area (Å²) >= 11 is 1.34. The summed E-state index contributed by atoms with van der Waals surface area (Å²) in [4.78, 5) is 41.3. The first-order valence-electron chi connectivity index (χ1n) is 10.3. The van der Waals surface area contributed by atoms with Crippen molar-refractivity contribution >= 4 is 34.2 Å². The molecule has 2 aromatic heterocycles. The fraction of sp³-hybridized carbons (Fsp3) is 0.304. The fourth-order valence-electron chi connectivity index (χ4n) is 3.87. The number of hydrogen-bond donors (Lipinski definition) is 1. The number of anilines is 1. The van der Waals surface area contributed by atoms with Crippen LogP contribution in [0.25, 0.3) is 16.9 Å². The molecule has 8 nitrogen and oxygen atoms in total. The molecule has 3 heterocycles. The van der Waals surface area contributed by atoms with E-state index >= 15 is 0 Å².